The summed E-state index contributed by atoms with van der Waals surface area (Å²) in [7, 11) is 0. The number of halogens is 3. The van der Waals surface area contributed by atoms with E-state index in [1.54, 1.807) is 6.07 Å². The van der Waals surface area contributed by atoms with Gasteiger partial charge in [-0.1, -0.05) is 59.5 Å². The second-order valence-corrected chi connectivity index (χ2v) is 7.50. The van der Waals surface area contributed by atoms with Gasteiger partial charge in [0, 0.05) is 11.4 Å². The van der Waals surface area contributed by atoms with E-state index in [-0.39, 0.29) is 0 Å². The maximum absolute atomic E-state index is 12.7. The minimum absolute atomic E-state index is 0.406. The topological polar surface area (TPSA) is 37.8 Å². The van der Waals surface area contributed by atoms with Gasteiger partial charge in [-0.25, -0.2) is 0 Å². The summed E-state index contributed by atoms with van der Waals surface area (Å²) in [6, 6.07) is 13.2. The van der Waals surface area contributed by atoms with Crippen molar-refractivity contribution in [3.63, 3.8) is 0 Å². The van der Waals surface area contributed by atoms with E-state index in [9.17, 15) is 13.2 Å². The molecule has 1 N–H and O–H groups in total. The molecule has 0 aliphatic rings. The average molecular weight is 381 g/mol. The highest BCUT2D eigenvalue weighted by molar-refractivity contribution is 8.00. The van der Waals surface area contributed by atoms with Crippen LogP contribution in [0.25, 0.3) is 0 Å². The van der Waals surface area contributed by atoms with Gasteiger partial charge in [-0.05, 0) is 30.2 Å². The van der Waals surface area contributed by atoms with Crippen LogP contribution >= 0.6 is 23.1 Å². The molecular weight excluding hydrogens is 367 g/mol. The van der Waals surface area contributed by atoms with E-state index in [2.05, 4.69) is 15.5 Å². The Morgan fingerprint density at radius 2 is 1.88 bits per heavy atom. The van der Waals surface area contributed by atoms with Crippen LogP contribution in [0.5, 0.6) is 0 Å². The number of aromatic nitrogens is 2. The zero-order chi connectivity index (χ0) is 17.9. The van der Waals surface area contributed by atoms with Crippen LogP contribution in [0.2, 0.25) is 0 Å². The Labute approximate surface area is 151 Å². The van der Waals surface area contributed by atoms with Crippen molar-refractivity contribution in [2.24, 2.45) is 0 Å². The lowest BCUT2D eigenvalue weighted by atomic mass is 10.1. The fourth-order valence-corrected chi connectivity index (χ4v) is 3.84. The number of thioether (sulfide) groups is 1. The summed E-state index contributed by atoms with van der Waals surface area (Å²) in [4.78, 5) is 0. The van der Waals surface area contributed by atoms with Crippen LogP contribution in [-0.4, -0.2) is 10.2 Å². The molecule has 0 spiro atoms. The maximum Gasteiger partial charge on any atom is 0.416 e. The van der Waals surface area contributed by atoms with E-state index in [0.29, 0.717) is 20.8 Å². The van der Waals surface area contributed by atoms with E-state index < -0.39 is 11.7 Å². The van der Waals surface area contributed by atoms with Gasteiger partial charge in [0.25, 0.3) is 0 Å². The predicted molar refractivity (Wildman–Crippen MR) is 95.4 cm³/mol. The Balaban J connectivity index is 1.63. The van der Waals surface area contributed by atoms with Crippen molar-refractivity contribution in [2.45, 2.75) is 23.2 Å². The molecule has 8 heteroatoms. The number of alkyl halides is 3. The number of nitrogens with one attached hydrogen (secondary N) is 1. The zero-order valence-corrected chi connectivity index (χ0v) is 14.8. The summed E-state index contributed by atoms with van der Waals surface area (Å²) >= 11 is 2.74. The fraction of sp³-hybridized carbons (Fsp3) is 0.176. The number of benzene rings is 2. The predicted octanol–water partition coefficient (Wildman–Crippen LogP) is 5.90. The molecule has 0 bridgehead atoms. The molecule has 0 radical (unpaired) electrons. The van der Waals surface area contributed by atoms with Crippen molar-refractivity contribution in [2.75, 3.05) is 5.32 Å². The molecule has 0 aliphatic carbocycles. The van der Waals surface area contributed by atoms with Gasteiger partial charge in [-0.3, -0.25) is 0 Å². The Bertz CT molecular complexity index is 862. The fourth-order valence-electron chi connectivity index (χ4n) is 2.13. The second-order valence-electron chi connectivity index (χ2n) is 5.30. The smallest absolute Gasteiger partial charge is 0.330 e. The summed E-state index contributed by atoms with van der Waals surface area (Å²) in [5.41, 5.74) is 2.01. The number of nitrogens with zero attached hydrogens (tertiary/aromatic N) is 2. The van der Waals surface area contributed by atoms with E-state index in [1.165, 1.54) is 35.2 Å². The molecule has 0 atom stereocenters. The third kappa shape index (κ3) is 4.73. The van der Waals surface area contributed by atoms with E-state index in [1.807, 2.05) is 31.2 Å². The number of hydrogen-bond donors (Lipinski definition) is 1. The van der Waals surface area contributed by atoms with Crippen molar-refractivity contribution in [3.8, 4) is 0 Å². The first-order valence-electron chi connectivity index (χ1n) is 7.37. The van der Waals surface area contributed by atoms with E-state index >= 15 is 0 Å². The lowest BCUT2D eigenvalue weighted by Gasteiger charge is -2.07. The molecule has 3 aromatic rings. The lowest BCUT2D eigenvalue weighted by molar-refractivity contribution is -0.137. The Hall–Kier alpha value is -2.06. The average Bonchev–Trinajstić information content (AvgIpc) is 3.02. The van der Waals surface area contributed by atoms with E-state index in [0.717, 1.165) is 17.3 Å². The van der Waals surface area contributed by atoms with E-state index in [4.69, 9.17) is 0 Å². The van der Waals surface area contributed by atoms with Crippen LogP contribution < -0.4 is 5.32 Å². The summed E-state index contributed by atoms with van der Waals surface area (Å²) in [6.45, 7) is 1.99. The highest BCUT2D eigenvalue weighted by Crippen LogP contribution is 2.33. The first-order chi connectivity index (χ1) is 11.9. The minimum Gasteiger partial charge on any atom is -0.330 e. The SMILES string of the molecule is Cc1ccccc1Nc1nnc(SCc2cccc(C(F)(F)F)c2)s1. The number of rotatable bonds is 5. The molecule has 130 valence electrons. The maximum atomic E-state index is 12.7. The van der Waals surface area contributed by atoms with Gasteiger partial charge in [0.15, 0.2) is 4.34 Å². The van der Waals surface area contributed by atoms with Gasteiger partial charge < -0.3 is 5.32 Å². The van der Waals surface area contributed by atoms with Crippen LogP contribution in [0.4, 0.5) is 24.0 Å². The van der Waals surface area contributed by atoms with Crippen LogP contribution in [0.3, 0.4) is 0 Å². The van der Waals surface area contributed by atoms with Crippen molar-refractivity contribution in [1.29, 1.82) is 0 Å². The molecule has 0 unspecified atom stereocenters. The number of para-hydroxylation sites is 1. The summed E-state index contributed by atoms with van der Waals surface area (Å²) in [6.07, 6.45) is -4.33. The zero-order valence-electron chi connectivity index (χ0n) is 13.2. The molecule has 0 saturated heterocycles. The quantitative estimate of drug-likeness (QED) is 0.558. The molecule has 1 heterocycles. The minimum atomic E-state index is -4.33. The molecule has 0 amide bonds. The first kappa shape index (κ1) is 17.8. The molecule has 0 saturated carbocycles. The number of hydrogen-bond acceptors (Lipinski definition) is 5. The van der Waals surface area contributed by atoms with Crippen molar-refractivity contribution in [1.82, 2.24) is 10.2 Å². The standard InChI is InChI=1S/C17H14F3N3S2/c1-11-5-2-3-8-14(11)21-15-22-23-16(25-15)24-10-12-6-4-7-13(9-12)17(18,19)20/h2-9H,10H2,1H3,(H,21,22). The van der Waals surface area contributed by atoms with Crippen LogP contribution in [0, 0.1) is 6.92 Å². The largest absolute Gasteiger partial charge is 0.416 e. The monoisotopic (exact) mass is 381 g/mol. The van der Waals surface area contributed by atoms with Crippen molar-refractivity contribution in [3.05, 3.63) is 65.2 Å². The molecule has 1 aromatic heterocycles. The molecule has 2 aromatic carbocycles. The number of anilines is 2. The highest BCUT2D eigenvalue weighted by atomic mass is 32.2. The molecular formula is C17H14F3N3S2. The van der Waals surface area contributed by atoms with Crippen LogP contribution in [0.15, 0.2) is 52.9 Å². The molecule has 0 fully saturated rings. The third-order valence-corrected chi connectivity index (χ3v) is 5.45. The Kier molecular flexibility index (Phi) is 5.29. The van der Waals surface area contributed by atoms with Crippen LogP contribution in [0.1, 0.15) is 16.7 Å². The summed E-state index contributed by atoms with van der Waals surface area (Å²) in [5.74, 6) is 0.406. The van der Waals surface area contributed by atoms with Crippen molar-refractivity contribution >= 4 is 33.9 Å². The van der Waals surface area contributed by atoms with Gasteiger partial charge >= 0.3 is 6.18 Å². The first-order valence-corrected chi connectivity index (χ1v) is 9.17. The summed E-state index contributed by atoms with van der Waals surface area (Å²) in [5, 5.41) is 12.0. The molecule has 3 rings (SSSR count). The second kappa shape index (κ2) is 7.45. The Morgan fingerprint density at radius 1 is 1.08 bits per heavy atom. The molecule has 25 heavy (non-hydrogen) atoms. The van der Waals surface area contributed by atoms with Gasteiger partial charge in [-0.15, -0.1) is 10.2 Å². The van der Waals surface area contributed by atoms with Gasteiger partial charge in [0.2, 0.25) is 5.13 Å². The summed E-state index contributed by atoms with van der Waals surface area (Å²) < 4.78 is 38.9. The van der Waals surface area contributed by atoms with Gasteiger partial charge in [0.1, 0.15) is 0 Å². The highest BCUT2D eigenvalue weighted by Gasteiger charge is 2.30. The van der Waals surface area contributed by atoms with Gasteiger partial charge in [0.05, 0.1) is 5.56 Å². The normalized spacial score (nSPS) is 11.5. The third-order valence-electron chi connectivity index (χ3n) is 3.41. The lowest BCUT2D eigenvalue weighted by Crippen LogP contribution is -2.04. The van der Waals surface area contributed by atoms with Crippen molar-refractivity contribution < 1.29 is 13.2 Å². The number of aryl methyl sites for hydroxylation is 1. The molecule has 3 nitrogen and oxygen atoms in total. The molecule has 0 aliphatic heterocycles. The van der Waals surface area contributed by atoms with Crippen LogP contribution in [-0.2, 0) is 11.9 Å². The van der Waals surface area contributed by atoms with Gasteiger partial charge in [-0.2, -0.15) is 13.2 Å². The Morgan fingerprint density at radius 3 is 2.64 bits per heavy atom.